The maximum absolute atomic E-state index is 11.1. The Hall–Kier alpha value is -2.07. The van der Waals surface area contributed by atoms with E-state index in [1.165, 1.54) is 13.8 Å². The van der Waals surface area contributed by atoms with Gasteiger partial charge < -0.3 is 14.9 Å². The van der Waals surface area contributed by atoms with Crippen molar-refractivity contribution in [2.75, 3.05) is 7.11 Å². The van der Waals surface area contributed by atoms with Crippen LogP contribution in [0.1, 0.15) is 19.4 Å². The van der Waals surface area contributed by atoms with Gasteiger partial charge in [-0.2, -0.15) is 0 Å². The van der Waals surface area contributed by atoms with Crippen molar-refractivity contribution in [1.82, 2.24) is 0 Å². The molecule has 0 aliphatic carbocycles. The van der Waals surface area contributed by atoms with E-state index in [9.17, 15) is 9.90 Å². The molecule has 4 heteroatoms. The van der Waals surface area contributed by atoms with E-state index in [1.807, 2.05) is 30.3 Å². The first-order valence-corrected chi connectivity index (χ1v) is 6.39. The standard InChI is InChI=1S/C16H18O4/c1-10(15(17)18)16(2,19)13-6-4-12-9-14(20-3)7-5-11(12)8-13/h4-10,19H,1-3H3,(H,17,18). The summed E-state index contributed by atoms with van der Waals surface area (Å²) in [5.41, 5.74) is -0.829. The third-order valence-electron chi connectivity index (χ3n) is 3.85. The summed E-state index contributed by atoms with van der Waals surface area (Å²) in [4.78, 5) is 11.1. The van der Waals surface area contributed by atoms with Gasteiger partial charge in [-0.15, -0.1) is 0 Å². The van der Waals surface area contributed by atoms with Crippen molar-refractivity contribution in [2.24, 2.45) is 5.92 Å². The van der Waals surface area contributed by atoms with Gasteiger partial charge in [0.1, 0.15) is 5.75 Å². The molecule has 0 saturated carbocycles. The predicted octanol–water partition coefficient (Wildman–Crippen LogP) is 2.78. The normalized spacial score (nSPS) is 15.6. The molecule has 0 saturated heterocycles. The zero-order valence-corrected chi connectivity index (χ0v) is 11.8. The van der Waals surface area contributed by atoms with Crippen LogP contribution in [0.5, 0.6) is 5.75 Å². The summed E-state index contributed by atoms with van der Waals surface area (Å²) in [5.74, 6) is -1.15. The number of carboxylic acid groups (broad SMARTS) is 1. The van der Waals surface area contributed by atoms with Crippen LogP contribution in [0.15, 0.2) is 36.4 Å². The maximum atomic E-state index is 11.1. The van der Waals surface area contributed by atoms with Crippen molar-refractivity contribution in [3.05, 3.63) is 42.0 Å². The molecule has 0 spiro atoms. The smallest absolute Gasteiger partial charge is 0.309 e. The molecule has 2 aromatic carbocycles. The molecule has 0 bridgehead atoms. The topological polar surface area (TPSA) is 66.8 Å². The molecule has 2 atom stereocenters. The molecular formula is C16H18O4. The maximum Gasteiger partial charge on any atom is 0.309 e. The van der Waals surface area contributed by atoms with E-state index in [0.29, 0.717) is 5.56 Å². The summed E-state index contributed by atoms with van der Waals surface area (Å²) < 4.78 is 5.16. The van der Waals surface area contributed by atoms with Crippen LogP contribution in [0.2, 0.25) is 0 Å². The molecule has 4 nitrogen and oxygen atoms in total. The van der Waals surface area contributed by atoms with Gasteiger partial charge in [-0.25, -0.2) is 0 Å². The molecule has 0 aromatic heterocycles. The van der Waals surface area contributed by atoms with E-state index in [-0.39, 0.29) is 0 Å². The third kappa shape index (κ3) is 2.47. The second kappa shape index (κ2) is 5.13. The number of rotatable bonds is 4. The molecule has 0 aliphatic heterocycles. The van der Waals surface area contributed by atoms with Crippen molar-refractivity contribution in [3.63, 3.8) is 0 Å². The van der Waals surface area contributed by atoms with Crippen LogP contribution >= 0.6 is 0 Å². The van der Waals surface area contributed by atoms with Crippen molar-refractivity contribution >= 4 is 16.7 Å². The Bertz CT molecular complexity index is 646. The Morgan fingerprint density at radius 3 is 2.40 bits per heavy atom. The van der Waals surface area contributed by atoms with Crippen molar-refractivity contribution < 1.29 is 19.7 Å². The van der Waals surface area contributed by atoms with E-state index < -0.39 is 17.5 Å². The molecule has 2 rings (SSSR count). The van der Waals surface area contributed by atoms with Crippen molar-refractivity contribution in [3.8, 4) is 5.75 Å². The minimum Gasteiger partial charge on any atom is -0.497 e. The summed E-state index contributed by atoms with van der Waals surface area (Å²) in [5, 5.41) is 21.5. The lowest BCUT2D eigenvalue weighted by molar-refractivity contribution is -0.150. The fourth-order valence-electron chi connectivity index (χ4n) is 2.16. The van der Waals surface area contributed by atoms with Crippen LogP contribution in [0.4, 0.5) is 0 Å². The second-order valence-corrected chi connectivity index (χ2v) is 5.14. The summed E-state index contributed by atoms with van der Waals surface area (Å²) >= 11 is 0. The predicted molar refractivity (Wildman–Crippen MR) is 76.9 cm³/mol. The molecule has 0 fully saturated rings. The van der Waals surface area contributed by atoms with Crippen LogP contribution in [0.3, 0.4) is 0 Å². The monoisotopic (exact) mass is 274 g/mol. The number of aliphatic hydroxyl groups is 1. The lowest BCUT2D eigenvalue weighted by Crippen LogP contribution is -2.35. The SMILES string of the molecule is COc1ccc2cc(C(C)(O)C(C)C(=O)O)ccc2c1. The highest BCUT2D eigenvalue weighted by atomic mass is 16.5. The Balaban J connectivity index is 2.48. The second-order valence-electron chi connectivity index (χ2n) is 5.14. The number of carboxylic acids is 1. The van der Waals surface area contributed by atoms with E-state index in [2.05, 4.69) is 0 Å². The molecule has 2 N–H and O–H groups in total. The van der Waals surface area contributed by atoms with Crippen molar-refractivity contribution in [1.29, 1.82) is 0 Å². The summed E-state index contributed by atoms with van der Waals surface area (Å²) in [7, 11) is 1.61. The summed E-state index contributed by atoms with van der Waals surface area (Å²) in [6.45, 7) is 3.02. The highest BCUT2D eigenvalue weighted by Gasteiger charge is 2.35. The highest BCUT2D eigenvalue weighted by Crippen LogP contribution is 2.32. The van der Waals surface area contributed by atoms with Crippen LogP contribution in [-0.4, -0.2) is 23.3 Å². The lowest BCUT2D eigenvalue weighted by Gasteiger charge is -2.28. The van der Waals surface area contributed by atoms with Gasteiger partial charge in [-0.1, -0.05) is 18.2 Å². The van der Waals surface area contributed by atoms with E-state index in [4.69, 9.17) is 9.84 Å². The molecule has 0 heterocycles. The average molecular weight is 274 g/mol. The lowest BCUT2D eigenvalue weighted by atomic mass is 9.83. The fourth-order valence-corrected chi connectivity index (χ4v) is 2.16. The van der Waals surface area contributed by atoms with Gasteiger partial charge in [0.15, 0.2) is 0 Å². The molecule has 2 unspecified atom stereocenters. The van der Waals surface area contributed by atoms with Gasteiger partial charge in [0.25, 0.3) is 0 Å². The zero-order valence-electron chi connectivity index (χ0n) is 11.8. The Labute approximate surface area is 117 Å². The molecule has 2 aromatic rings. The van der Waals surface area contributed by atoms with E-state index >= 15 is 0 Å². The van der Waals surface area contributed by atoms with Crippen LogP contribution in [0, 0.1) is 5.92 Å². The van der Waals surface area contributed by atoms with Gasteiger partial charge in [0, 0.05) is 0 Å². The molecule has 0 aliphatic rings. The number of benzene rings is 2. The van der Waals surface area contributed by atoms with Crippen LogP contribution in [0.25, 0.3) is 10.8 Å². The van der Waals surface area contributed by atoms with E-state index in [0.717, 1.165) is 16.5 Å². The van der Waals surface area contributed by atoms with Gasteiger partial charge >= 0.3 is 5.97 Å². The minimum absolute atomic E-state index is 0.588. The first kappa shape index (κ1) is 14.3. The summed E-state index contributed by atoms with van der Waals surface area (Å²) in [6, 6.07) is 11.0. The number of methoxy groups -OCH3 is 1. The fraction of sp³-hybridized carbons (Fsp3) is 0.312. The first-order chi connectivity index (χ1) is 9.36. The number of ether oxygens (including phenoxy) is 1. The number of aliphatic carboxylic acids is 1. The minimum atomic E-state index is -1.42. The number of hydrogen-bond acceptors (Lipinski definition) is 3. The Kier molecular flexibility index (Phi) is 3.68. The van der Waals surface area contributed by atoms with Crippen LogP contribution in [-0.2, 0) is 10.4 Å². The van der Waals surface area contributed by atoms with Gasteiger partial charge in [-0.05, 0) is 48.4 Å². The highest BCUT2D eigenvalue weighted by molar-refractivity contribution is 5.85. The number of carbonyl (C=O) groups is 1. The first-order valence-electron chi connectivity index (χ1n) is 6.39. The Morgan fingerprint density at radius 2 is 1.80 bits per heavy atom. The van der Waals surface area contributed by atoms with Gasteiger partial charge in [0.05, 0.1) is 18.6 Å². The average Bonchev–Trinajstić information content (AvgIpc) is 2.44. The largest absolute Gasteiger partial charge is 0.497 e. The van der Waals surface area contributed by atoms with Crippen LogP contribution < -0.4 is 4.74 Å². The summed E-state index contributed by atoms with van der Waals surface area (Å²) in [6.07, 6.45) is 0. The Morgan fingerprint density at radius 1 is 1.20 bits per heavy atom. The molecule has 0 radical (unpaired) electrons. The quantitative estimate of drug-likeness (QED) is 0.899. The van der Waals surface area contributed by atoms with Gasteiger partial charge in [-0.3, -0.25) is 4.79 Å². The molecule has 106 valence electrons. The molecule has 20 heavy (non-hydrogen) atoms. The number of fused-ring (bicyclic) bond motifs is 1. The van der Waals surface area contributed by atoms with Gasteiger partial charge in [0.2, 0.25) is 0 Å². The van der Waals surface area contributed by atoms with E-state index in [1.54, 1.807) is 13.2 Å². The van der Waals surface area contributed by atoms with Crippen molar-refractivity contribution in [2.45, 2.75) is 19.4 Å². The zero-order chi connectivity index (χ0) is 14.9. The molecule has 0 amide bonds. The third-order valence-corrected chi connectivity index (χ3v) is 3.85. The number of hydrogen-bond donors (Lipinski definition) is 2. The molecular weight excluding hydrogens is 256 g/mol.